The predicted octanol–water partition coefficient (Wildman–Crippen LogP) is 6.81. The van der Waals surface area contributed by atoms with Crippen molar-refractivity contribution in [2.45, 2.75) is 51.5 Å². The molecule has 0 heterocycles. The first-order valence-corrected chi connectivity index (χ1v) is 7.26. The zero-order valence-electron chi connectivity index (χ0n) is 14.3. The minimum absolute atomic E-state index is 0.973. The van der Waals surface area contributed by atoms with E-state index in [1.807, 2.05) is 0 Å². The van der Waals surface area contributed by atoms with Gasteiger partial charge in [0.2, 0.25) is 0 Å². The van der Waals surface area contributed by atoms with Gasteiger partial charge in [0.05, 0.1) is 22.3 Å². The Kier molecular flexibility index (Phi) is 5.83. The molecule has 1 rings (SSSR count). The van der Waals surface area contributed by atoms with Crippen LogP contribution in [0.5, 0.6) is 0 Å². The van der Waals surface area contributed by atoms with Gasteiger partial charge >= 0.3 is 24.7 Å². The minimum Gasteiger partial charge on any atom is -0.323 e. The molecule has 2 N–H and O–H groups in total. The lowest BCUT2D eigenvalue weighted by atomic mass is 9.77. The lowest BCUT2D eigenvalue weighted by molar-refractivity contribution is -0.177. The van der Waals surface area contributed by atoms with Crippen LogP contribution in [0.3, 0.4) is 0 Å². The quantitative estimate of drug-likeness (QED) is 0.482. The lowest BCUT2D eigenvalue weighted by Crippen LogP contribution is -2.35. The average Bonchev–Trinajstić information content (AvgIpc) is 2.39. The molecule has 13 heteroatoms. The van der Waals surface area contributed by atoms with E-state index in [1.54, 1.807) is 0 Å². The van der Waals surface area contributed by atoms with Gasteiger partial charge in [-0.15, -0.1) is 0 Å². The molecule has 0 saturated carbocycles. The summed E-state index contributed by atoms with van der Waals surface area (Å²) in [5.41, 5.74) is -10.3. The minimum atomic E-state index is -6.26. The molecule has 0 amide bonds. The summed E-state index contributed by atoms with van der Waals surface area (Å²) >= 11 is 0. The second-order valence-corrected chi connectivity index (χ2v) is 6.97. The molecule has 0 fully saturated rings. The molecule has 1 aromatic carbocycles. The monoisotopic (exact) mass is 435 g/mol. The number of rotatable bonds is 1. The summed E-state index contributed by atoms with van der Waals surface area (Å²) in [6.45, 7) is 3.09. The van der Waals surface area contributed by atoms with E-state index in [1.165, 1.54) is 0 Å². The van der Waals surface area contributed by atoms with E-state index in [-0.39, 0.29) is 0 Å². The van der Waals surface area contributed by atoms with Crippen LogP contribution in [0.4, 0.5) is 52.7 Å². The van der Waals surface area contributed by atoms with Gasteiger partial charge in [-0.2, -0.15) is 52.7 Å². The molecule has 0 aliphatic rings. The Bertz CT molecular complexity index is 728. The van der Waals surface area contributed by atoms with Crippen LogP contribution in [0, 0.1) is 5.41 Å². The molecule has 162 valence electrons. The molecular weight excluding hydrogens is 422 g/mol. The van der Waals surface area contributed by atoms with Crippen molar-refractivity contribution in [3.8, 4) is 0 Å². The van der Waals surface area contributed by atoms with E-state index in [0.717, 1.165) is 20.8 Å². The highest BCUT2D eigenvalue weighted by Crippen LogP contribution is 2.53. The fraction of sp³-hybridized carbons (Fsp3) is 0.600. The Hall–Kier alpha value is -1.66. The van der Waals surface area contributed by atoms with E-state index in [9.17, 15) is 52.7 Å². The Labute approximate surface area is 150 Å². The number of halogens is 12. The van der Waals surface area contributed by atoms with Gasteiger partial charge in [0.15, 0.2) is 0 Å². The molecule has 0 bridgehead atoms. The highest BCUT2D eigenvalue weighted by Gasteiger charge is 2.55. The fourth-order valence-electron chi connectivity index (χ4n) is 2.50. The van der Waals surface area contributed by atoms with Crippen molar-refractivity contribution in [1.29, 1.82) is 0 Å². The van der Waals surface area contributed by atoms with Crippen LogP contribution in [-0.2, 0) is 24.7 Å². The molecule has 0 aromatic heterocycles. The fourth-order valence-corrected chi connectivity index (χ4v) is 2.50. The van der Waals surface area contributed by atoms with Gasteiger partial charge in [0.25, 0.3) is 0 Å². The second-order valence-electron chi connectivity index (χ2n) is 6.97. The summed E-state index contributed by atoms with van der Waals surface area (Å²) in [4.78, 5) is 0. The Morgan fingerprint density at radius 1 is 0.607 bits per heavy atom. The summed E-state index contributed by atoms with van der Waals surface area (Å²) in [6, 6.07) is -3.29. The molecule has 0 aliphatic carbocycles. The summed E-state index contributed by atoms with van der Waals surface area (Å²) in [6.07, 6.45) is -24.4. The predicted molar refractivity (Wildman–Crippen MR) is 72.8 cm³/mol. The molecule has 0 radical (unpaired) electrons. The second kappa shape index (κ2) is 6.70. The van der Waals surface area contributed by atoms with Crippen molar-refractivity contribution < 1.29 is 52.7 Å². The number of benzene rings is 1. The number of alkyl halides is 12. The molecule has 0 saturated heterocycles. The van der Waals surface area contributed by atoms with Gasteiger partial charge in [-0.25, -0.2) is 0 Å². The maximum atomic E-state index is 13.4. The van der Waals surface area contributed by atoms with Gasteiger partial charge in [-0.3, -0.25) is 0 Å². The van der Waals surface area contributed by atoms with Gasteiger partial charge in [-0.05, 0) is 17.0 Å². The van der Waals surface area contributed by atoms with Crippen molar-refractivity contribution in [3.05, 3.63) is 33.9 Å². The van der Waals surface area contributed by atoms with Crippen molar-refractivity contribution in [3.63, 3.8) is 0 Å². The lowest BCUT2D eigenvalue weighted by Gasteiger charge is -2.34. The van der Waals surface area contributed by atoms with Gasteiger partial charge in [0.1, 0.15) is 0 Å². The van der Waals surface area contributed by atoms with Gasteiger partial charge in [0, 0.05) is 6.04 Å². The third-order valence-electron chi connectivity index (χ3n) is 3.79. The zero-order chi connectivity index (χ0) is 22.7. The van der Waals surface area contributed by atoms with Crippen LogP contribution in [0.25, 0.3) is 0 Å². The first-order valence-electron chi connectivity index (χ1n) is 7.26. The average molecular weight is 435 g/mol. The zero-order valence-corrected chi connectivity index (χ0v) is 14.3. The molecule has 28 heavy (non-hydrogen) atoms. The smallest absolute Gasteiger partial charge is 0.323 e. The molecule has 0 spiro atoms. The molecule has 1 atom stereocenters. The summed E-state index contributed by atoms with van der Waals surface area (Å²) in [5.74, 6) is 0. The van der Waals surface area contributed by atoms with Gasteiger partial charge < -0.3 is 5.73 Å². The first-order chi connectivity index (χ1) is 12.0. The molecule has 1 nitrogen and oxygen atoms in total. The third-order valence-corrected chi connectivity index (χ3v) is 3.79. The molecular formula is C15H13F12N. The van der Waals surface area contributed by atoms with E-state index < -0.39 is 70.0 Å². The molecule has 0 aliphatic heterocycles. The molecule has 1 aromatic rings. The SMILES string of the molecule is CC(C)(C)C(N)c1c(C(F)(F)F)cc(C(F)(F)F)c(C(F)(F)F)c1C(F)(F)F. The summed E-state index contributed by atoms with van der Waals surface area (Å²) < 4.78 is 159. The van der Waals surface area contributed by atoms with E-state index in [4.69, 9.17) is 5.73 Å². The van der Waals surface area contributed by atoms with Crippen molar-refractivity contribution in [2.75, 3.05) is 0 Å². The maximum Gasteiger partial charge on any atom is 0.417 e. The Morgan fingerprint density at radius 3 is 1.21 bits per heavy atom. The normalized spacial score (nSPS) is 15.7. The summed E-state index contributed by atoms with van der Waals surface area (Å²) in [5, 5.41) is 0. The number of hydrogen-bond acceptors (Lipinski definition) is 1. The third kappa shape index (κ3) is 4.84. The summed E-state index contributed by atoms with van der Waals surface area (Å²) in [7, 11) is 0. The van der Waals surface area contributed by atoms with Crippen LogP contribution in [-0.4, -0.2) is 0 Å². The van der Waals surface area contributed by atoms with Crippen LogP contribution < -0.4 is 5.73 Å². The van der Waals surface area contributed by atoms with Gasteiger partial charge in [-0.1, -0.05) is 20.8 Å². The molecule has 1 unspecified atom stereocenters. The van der Waals surface area contributed by atoms with E-state index in [2.05, 4.69) is 0 Å². The highest BCUT2D eigenvalue weighted by atomic mass is 19.4. The number of nitrogens with two attached hydrogens (primary N) is 1. The number of hydrogen-bond donors (Lipinski definition) is 1. The van der Waals surface area contributed by atoms with Crippen LogP contribution in [0.1, 0.15) is 54.6 Å². The first kappa shape index (κ1) is 24.4. The standard InChI is InChI=1S/C15H13F12N/c1-11(2,3)10(28)7-5(12(16,17)18)4-6(13(19,20)21)8(14(22,23)24)9(7)15(25,26)27/h4,10H,28H2,1-3H3. The Morgan fingerprint density at radius 2 is 0.964 bits per heavy atom. The van der Waals surface area contributed by atoms with E-state index in [0.29, 0.717) is 0 Å². The maximum absolute atomic E-state index is 13.4. The highest BCUT2D eigenvalue weighted by molar-refractivity contribution is 5.53. The van der Waals surface area contributed by atoms with Crippen LogP contribution in [0.2, 0.25) is 0 Å². The van der Waals surface area contributed by atoms with Crippen LogP contribution in [0.15, 0.2) is 6.07 Å². The largest absolute Gasteiger partial charge is 0.417 e. The van der Waals surface area contributed by atoms with Crippen LogP contribution >= 0.6 is 0 Å². The van der Waals surface area contributed by atoms with Crippen molar-refractivity contribution in [1.82, 2.24) is 0 Å². The van der Waals surface area contributed by atoms with E-state index >= 15 is 0 Å². The topological polar surface area (TPSA) is 26.0 Å². The van der Waals surface area contributed by atoms with Crippen molar-refractivity contribution >= 4 is 0 Å². The Balaban J connectivity index is 4.42. The van der Waals surface area contributed by atoms with Crippen molar-refractivity contribution in [2.24, 2.45) is 11.1 Å².